The predicted octanol–water partition coefficient (Wildman–Crippen LogP) is 3.72. The molecule has 0 saturated carbocycles. The van der Waals surface area contributed by atoms with E-state index in [1.54, 1.807) is 12.2 Å². The zero-order chi connectivity index (χ0) is 18.7. The second-order valence-electron chi connectivity index (χ2n) is 6.68. The minimum atomic E-state index is -0.128. The van der Waals surface area contributed by atoms with Gasteiger partial charge in [0.05, 0.1) is 10.9 Å². The summed E-state index contributed by atoms with van der Waals surface area (Å²) in [6.07, 6.45) is 7.97. The van der Waals surface area contributed by atoms with Crippen LogP contribution in [-0.2, 0) is 4.79 Å². The lowest BCUT2D eigenvalue weighted by Crippen LogP contribution is -2.23. The highest BCUT2D eigenvalue weighted by Gasteiger charge is 2.25. The van der Waals surface area contributed by atoms with E-state index in [9.17, 15) is 9.90 Å². The Labute approximate surface area is 158 Å². The van der Waals surface area contributed by atoms with E-state index in [1.165, 1.54) is 11.8 Å². The number of rotatable bonds is 3. The fraction of sp³-hybridized carbons (Fsp3) is 0.300. The van der Waals surface area contributed by atoms with E-state index >= 15 is 0 Å². The molecule has 26 heavy (non-hydrogen) atoms. The van der Waals surface area contributed by atoms with Gasteiger partial charge in [0.15, 0.2) is 5.17 Å². The highest BCUT2D eigenvalue weighted by molar-refractivity contribution is 8.18. The van der Waals surface area contributed by atoms with E-state index in [0.717, 1.165) is 17.7 Å². The maximum absolute atomic E-state index is 12.2. The summed E-state index contributed by atoms with van der Waals surface area (Å²) in [6.45, 7) is 2.08. The van der Waals surface area contributed by atoms with Crippen LogP contribution in [0.25, 0.3) is 6.08 Å². The van der Waals surface area contributed by atoms with E-state index in [2.05, 4.69) is 17.2 Å². The first kappa shape index (κ1) is 18.3. The highest BCUT2D eigenvalue weighted by atomic mass is 32.2. The van der Waals surface area contributed by atoms with Gasteiger partial charge < -0.3 is 15.3 Å². The van der Waals surface area contributed by atoms with Crippen LogP contribution in [0.15, 0.2) is 58.2 Å². The van der Waals surface area contributed by atoms with E-state index in [-0.39, 0.29) is 23.6 Å². The number of aliphatic hydroxyl groups is 1. The van der Waals surface area contributed by atoms with E-state index in [4.69, 9.17) is 0 Å². The number of nitrogens with one attached hydrogen (secondary N) is 1. The number of benzene rings is 1. The summed E-state index contributed by atoms with van der Waals surface area (Å²) >= 11 is 1.35. The number of thioether (sulfide) groups is 1. The molecule has 1 aromatic carbocycles. The third-order valence-corrected chi connectivity index (χ3v) is 5.29. The molecule has 6 heteroatoms. The summed E-state index contributed by atoms with van der Waals surface area (Å²) in [6, 6.07) is 7.97. The van der Waals surface area contributed by atoms with Crippen LogP contribution in [0, 0.1) is 5.92 Å². The van der Waals surface area contributed by atoms with Crippen LogP contribution >= 0.6 is 11.8 Å². The van der Waals surface area contributed by atoms with E-state index in [0.29, 0.717) is 10.1 Å². The second-order valence-corrected chi connectivity index (χ2v) is 7.71. The Morgan fingerprint density at radius 3 is 2.73 bits per heavy atom. The number of amidine groups is 1. The van der Waals surface area contributed by atoms with Gasteiger partial charge in [0.1, 0.15) is 5.76 Å². The largest absolute Gasteiger partial charge is 0.508 e. The fourth-order valence-corrected chi connectivity index (χ4v) is 3.58. The lowest BCUT2D eigenvalue weighted by atomic mass is 10.0. The Balaban J connectivity index is 1.74. The van der Waals surface area contributed by atoms with Gasteiger partial charge in [-0.25, -0.2) is 0 Å². The van der Waals surface area contributed by atoms with Gasteiger partial charge in [-0.3, -0.25) is 9.79 Å². The molecule has 1 saturated heterocycles. The molecule has 2 N–H and O–H groups in total. The molecule has 5 nitrogen and oxygen atoms in total. The maximum atomic E-state index is 12.2. The van der Waals surface area contributed by atoms with Crippen LogP contribution in [0.5, 0.6) is 0 Å². The molecule has 1 fully saturated rings. The summed E-state index contributed by atoms with van der Waals surface area (Å²) in [4.78, 5) is 19.6. The minimum absolute atomic E-state index is 0.0718. The Hall–Kier alpha value is -2.47. The number of hydrogen-bond donors (Lipinski definition) is 2. The van der Waals surface area contributed by atoms with Gasteiger partial charge in [0, 0.05) is 19.8 Å². The van der Waals surface area contributed by atoms with Crippen LogP contribution in [-0.4, -0.2) is 36.3 Å². The predicted molar refractivity (Wildman–Crippen MR) is 109 cm³/mol. The van der Waals surface area contributed by atoms with Crippen molar-refractivity contribution < 1.29 is 9.90 Å². The van der Waals surface area contributed by atoms with Crippen LogP contribution in [0.1, 0.15) is 18.9 Å². The number of carbonyl (C=O) groups excluding carboxylic acids is 1. The first-order chi connectivity index (χ1) is 12.4. The Bertz CT molecular complexity index is 807. The Morgan fingerprint density at radius 1 is 1.31 bits per heavy atom. The number of hydrogen-bond acceptors (Lipinski definition) is 5. The quantitative estimate of drug-likeness (QED) is 0.797. The van der Waals surface area contributed by atoms with Gasteiger partial charge >= 0.3 is 0 Å². The molecule has 1 aliphatic carbocycles. The Kier molecular flexibility index (Phi) is 5.52. The lowest BCUT2D eigenvalue weighted by Gasteiger charge is -2.14. The lowest BCUT2D eigenvalue weighted by molar-refractivity contribution is -0.115. The topological polar surface area (TPSA) is 64.9 Å². The second kappa shape index (κ2) is 7.83. The van der Waals surface area contributed by atoms with Gasteiger partial charge in [-0.15, -0.1) is 0 Å². The summed E-state index contributed by atoms with van der Waals surface area (Å²) in [5.74, 6) is 0.397. The van der Waals surface area contributed by atoms with Crippen LogP contribution in [0.3, 0.4) is 0 Å². The average Bonchev–Trinajstić information content (AvgIpc) is 2.87. The van der Waals surface area contributed by atoms with Gasteiger partial charge in [0.2, 0.25) is 0 Å². The van der Waals surface area contributed by atoms with Gasteiger partial charge in [0.25, 0.3) is 5.91 Å². The standard InChI is InChI=1S/C20H23N3O2S/c1-13-4-9-16(24)10-11-17(13)21-20-22-19(25)18(26-20)12-14-5-7-15(8-6-14)23(2)3/h5-13,17,24H,4H2,1-3H3,(H,21,22,25)/b18-12-. The van der Waals surface area contributed by atoms with Crippen molar-refractivity contribution in [2.45, 2.75) is 19.4 Å². The van der Waals surface area contributed by atoms with Crippen molar-refractivity contribution in [3.05, 3.63) is 58.7 Å². The summed E-state index contributed by atoms with van der Waals surface area (Å²) in [7, 11) is 3.99. The van der Waals surface area contributed by atoms with Crippen molar-refractivity contribution in [3.8, 4) is 0 Å². The van der Waals surface area contributed by atoms with Gasteiger partial charge in [-0.1, -0.05) is 25.1 Å². The smallest absolute Gasteiger partial charge is 0.264 e. The zero-order valence-corrected chi connectivity index (χ0v) is 16.0. The van der Waals surface area contributed by atoms with Crippen LogP contribution < -0.4 is 10.2 Å². The molecule has 136 valence electrons. The van der Waals surface area contributed by atoms with Crippen molar-refractivity contribution in [2.75, 3.05) is 19.0 Å². The molecule has 1 aliphatic heterocycles. The number of amides is 1. The molecule has 0 radical (unpaired) electrons. The summed E-state index contributed by atoms with van der Waals surface area (Å²) < 4.78 is 0. The highest BCUT2D eigenvalue weighted by Crippen LogP contribution is 2.28. The first-order valence-electron chi connectivity index (χ1n) is 8.56. The first-order valence-corrected chi connectivity index (χ1v) is 9.37. The molecule has 1 amide bonds. The van der Waals surface area contributed by atoms with Crippen molar-refractivity contribution >= 4 is 34.6 Å². The van der Waals surface area contributed by atoms with Crippen molar-refractivity contribution in [3.63, 3.8) is 0 Å². The third kappa shape index (κ3) is 4.38. The number of aliphatic hydroxyl groups excluding tert-OH is 1. The number of nitrogens with zero attached hydrogens (tertiary/aromatic N) is 2. The summed E-state index contributed by atoms with van der Waals surface area (Å²) in [5, 5.41) is 13.1. The van der Waals surface area contributed by atoms with Gasteiger partial charge in [-0.05, 0) is 60.0 Å². The fourth-order valence-electron chi connectivity index (χ4n) is 2.72. The molecule has 1 heterocycles. The molecular weight excluding hydrogens is 346 g/mol. The molecule has 3 rings (SSSR count). The van der Waals surface area contributed by atoms with Gasteiger partial charge in [-0.2, -0.15) is 0 Å². The Morgan fingerprint density at radius 2 is 2.04 bits per heavy atom. The molecule has 2 aliphatic rings. The molecule has 2 unspecified atom stereocenters. The maximum Gasteiger partial charge on any atom is 0.264 e. The number of allylic oxidation sites excluding steroid dienone is 2. The molecule has 0 spiro atoms. The normalized spacial score (nSPS) is 26.0. The number of aliphatic imine (C=N–C) groups is 1. The zero-order valence-electron chi connectivity index (χ0n) is 15.1. The summed E-state index contributed by atoms with van der Waals surface area (Å²) in [5.41, 5.74) is 2.09. The number of anilines is 1. The van der Waals surface area contributed by atoms with Crippen molar-refractivity contribution in [1.29, 1.82) is 0 Å². The number of carbonyl (C=O) groups is 1. The van der Waals surface area contributed by atoms with Crippen LogP contribution in [0.4, 0.5) is 5.69 Å². The van der Waals surface area contributed by atoms with Crippen LogP contribution in [0.2, 0.25) is 0 Å². The SMILES string of the molecule is CC1CC=C(O)C=CC1N=C1NC(=O)/C(=C/c2ccc(N(C)C)cc2)S1. The molecule has 0 aromatic heterocycles. The monoisotopic (exact) mass is 369 g/mol. The molecule has 0 bridgehead atoms. The third-order valence-electron chi connectivity index (χ3n) is 4.37. The average molecular weight is 369 g/mol. The van der Waals surface area contributed by atoms with E-state index < -0.39 is 0 Å². The molecule has 2 atom stereocenters. The van der Waals surface area contributed by atoms with Crippen molar-refractivity contribution in [1.82, 2.24) is 5.32 Å². The molecular formula is C20H23N3O2S. The van der Waals surface area contributed by atoms with Crippen molar-refractivity contribution in [2.24, 2.45) is 10.9 Å². The minimum Gasteiger partial charge on any atom is -0.508 e. The molecule has 1 aromatic rings. The van der Waals surface area contributed by atoms with E-state index in [1.807, 2.05) is 55.4 Å².